The lowest BCUT2D eigenvalue weighted by Gasteiger charge is -2.30. The number of aromatic nitrogens is 1. The van der Waals surface area contributed by atoms with Crippen LogP contribution in [0.2, 0.25) is 0 Å². The minimum atomic E-state index is -0.508. The van der Waals surface area contributed by atoms with Crippen LogP contribution in [0.25, 0.3) is 0 Å². The van der Waals surface area contributed by atoms with E-state index in [2.05, 4.69) is 11.6 Å². The van der Waals surface area contributed by atoms with E-state index in [4.69, 9.17) is 23.4 Å². The van der Waals surface area contributed by atoms with Crippen LogP contribution in [-0.4, -0.2) is 30.8 Å². The molecule has 2 atom stereocenters. The van der Waals surface area contributed by atoms with Crippen LogP contribution in [-0.2, 0) is 32.2 Å². The number of hydrogen-bond donors (Lipinski definition) is 0. The highest BCUT2D eigenvalue weighted by atomic mass is 16.5. The van der Waals surface area contributed by atoms with Gasteiger partial charge in [-0.05, 0) is 44.9 Å². The minimum absolute atomic E-state index is 0.0690. The molecule has 0 aliphatic carbocycles. The van der Waals surface area contributed by atoms with Crippen molar-refractivity contribution in [1.82, 2.24) is 4.98 Å². The Morgan fingerprint density at radius 1 is 1.19 bits per heavy atom. The highest BCUT2D eigenvalue weighted by Gasteiger charge is 2.29. The molecule has 1 aromatic carbocycles. The summed E-state index contributed by atoms with van der Waals surface area (Å²) in [6.45, 7) is 10.7. The molecule has 7 heteroatoms. The fourth-order valence-corrected chi connectivity index (χ4v) is 3.36. The molecule has 1 aliphatic rings. The predicted molar refractivity (Wildman–Crippen MR) is 119 cm³/mol. The first kappa shape index (κ1) is 24.0. The van der Waals surface area contributed by atoms with Crippen LogP contribution in [0.3, 0.4) is 0 Å². The number of ether oxygens (including phenoxy) is 4. The van der Waals surface area contributed by atoms with Gasteiger partial charge in [0.25, 0.3) is 0 Å². The van der Waals surface area contributed by atoms with Crippen LogP contribution in [0.15, 0.2) is 47.1 Å². The van der Waals surface area contributed by atoms with Gasteiger partial charge in [0, 0.05) is 12.8 Å². The number of esters is 1. The van der Waals surface area contributed by atoms with Gasteiger partial charge < -0.3 is 23.4 Å². The first-order chi connectivity index (χ1) is 15.2. The molecule has 1 fully saturated rings. The van der Waals surface area contributed by atoms with Gasteiger partial charge in [-0.15, -0.1) is 0 Å². The standard InChI is InChI=1S/C25H33NO6/c1-17-12-20(10-11-30-24(27)25(2,3)4)32-22(13-17)21-15-31-23(26-21)16-29-14-18-6-8-19(28-5)9-7-18/h6-9,15,20,22H,1,10-14,16H2,2-5H3/t20-,22+/m0/s1. The first-order valence-corrected chi connectivity index (χ1v) is 10.9. The van der Waals surface area contributed by atoms with Crippen LogP contribution in [0.4, 0.5) is 0 Å². The van der Waals surface area contributed by atoms with Gasteiger partial charge in [-0.3, -0.25) is 4.79 Å². The molecule has 0 radical (unpaired) electrons. The zero-order valence-electron chi connectivity index (χ0n) is 19.4. The monoisotopic (exact) mass is 443 g/mol. The van der Waals surface area contributed by atoms with Gasteiger partial charge in [0.05, 0.1) is 31.8 Å². The van der Waals surface area contributed by atoms with E-state index in [1.807, 2.05) is 45.0 Å². The second kappa shape index (κ2) is 10.8. The number of carbonyl (C=O) groups is 1. The predicted octanol–water partition coefficient (Wildman–Crippen LogP) is 5.16. The molecule has 3 rings (SSSR count). The number of benzene rings is 1. The summed E-state index contributed by atoms with van der Waals surface area (Å²) in [5, 5.41) is 0. The number of methoxy groups -OCH3 is 1. The van der Waals surface area contributed by atoms with Gasteiger partial charge in [-0.25, -0.2) is 4.98 Å². The highest BCUT2D eigenvalue weighted by Crippen LogP contribution is 2.34. The normalized spacial score (nSPS) is 19.1. The number of oxazole rings is 1. The number of rotatable bonds is 9. The molecule has 0 amide bonds. The molecule has 0 spiro atoms. The summed E-state index contributed by atoms with van der Waals surface area (Å²) in [5.41, 5.74) is 2.35. The molecule has 32 heavy (non-hydrogen) atoms. The van der Waals surface area contributed by atoms with Crippen molar-refractivity contribution < 1.29 is 28.2 Å². The third-order valence-corrected chi connectivity index (χ3v) is 5.19. The largest absolute Gasteiger partial charge is 0.497 e. The summed E-state index contributed by atoms with van der Waals surface area (Å²) in [6, 6.07) is 7.71. The van der Waals surface area contributed by atoms with Crippen molar-refractivity contribution in [1.29, 1.82) is 0 Å². The minimum Gasteiger partial charge on any atom is -0.497 e. The Bertz CT molecular complexity index is 896. The number of carbonyl (C=O) groups excluding carboxylic acids is 1. The second-order valence-corrected chi connectivity index (χ2v) is 9.09. The van der Waals surface area contributed by atoms with E-state index in [0.717, 1.165) is 29.0 Å². The molecule has 174 valence electrons. The van der Waals surface area contributed by atoms with E-state index < -0.39 is 5.41 Å². The molecule has 2 heterocycles. The molecule has 7 nitrogen and oxygen atoms in total. The van der Waals surface area contributed by atoms with Gasteiger partial charge in [0.2, 0.25) is 5.89 Å². The van der Waals surface area contributed by atoms with Crippen LogP contribution in [0.1, 0.15) is 63.3 Å². The Balaban J connectivity index is 1.47. The van der Waals surface area contributed by atoms with E-state index >= 15 is 0 Å². The Kier molecular flexibility index (Phi) is 8.10. The number of nitrogens with zero attached hydrogens (tertiary/aromatic N) is 1. The summed E-state index contributed by atoms with van der Waals surface area (Å²) in [4.78, 5) is 16.5. The van der Waals surface area contributed by atoms with Crippen LogP contribution in [0, 0.1) is 5.41 Å². The molecule has 1 saturated heterocycles. The Hall–Kier alpha value is -2.64. The maximum Gasteiger partial charge on any atom is 0.311 e. The third-order valence-electron chi connectivity index (χ3n) is 5.19. The Morgan fingerprint density at radius 3 is 2.62 bits per heavy atom. The molecule has 0 N–H and O–H groups in total. The smallest absolute Gasteiger partial charge is 0.311 e. The van der Waals surface area contributed by atoms with E-state index in [1.54, 1.807) is 13.4 Å². The molecule has 0 saturated carbocycles. The summed E-state index contributed by atoms with van der Waals surface area (Å²) in [7, 11) is 1.64. The van der Waals surface area contributed by atoms with Gasteiger partial charge in [-0.1, -0.05) is 24.3 Å². The average Bonchev–Trinajstić information content (AvgIpc) is 3.22. The van der Waals surface area contributed by atoms with Crippen molar-refractivity contribution >= 4 is 5.97 Å². The molecule has 0 bridgehead atoms. The fourth-order valence-electron chi connectivity index (χ4n) is 3.36. The van der Waals surface area contributed by atoms with Crippen LogP contribution < -0.4 is 4.74 Å². The molecule has 1 aromatic heterocycles. The zero-order chi connectivity index (χ0) is 23.1. The maximum atomic E-state index is 11.9. The van der Waals surface area contributed by atoms with Crippen molar-refractivity contribution in [3.05, 3.63) is 59.8 Å². The summed E-state index contributed by atoms with van der Waals surface area (Å²) >= 11 is 0. The summed E-state index contributed by atoms with van der Waals surface area (Å²) < 4.78 is 28.0. The van der Waals surface area contributed by atoms with Crippen molar-refractivity contribution in [3.8, 4) is 5.75 Å². The molecule has 0 unspecified atom stereocenters. The maximum absolute atomic E-state index is 11.9. The van der Waals surface area contributed by atoms with Crippen molar-refractivity contribution in [2.45, 2.75) is 65.5 Å². The third kappa shape index (κ3) is 6.93. The molecular formula is C25H33NO6. The van der Waals surface area contributed by atoms with Crippen molar-refractivity contribution in [3.63, 3.8) is 0 Å². The SMILES string of the molecule is C=C1C[C@H](CCOC(=O)C(C)(C)C)O[C@@H](c2coc(COCc3ccc(OC)cc3)n2)C1. The quantitative estimate of drug-likeness (QED) is 0.391. The Morgan fingerprint density at radius 2 is 1.94 bits per heavy atom. The van der Waals surface area contributed by atoms with Crippen molar-refractivity contribution in [2.24, 2.45) is 5.41 Å². The topological polar surface area (TPSA) is 80.0 Å². The van der Waals surface area contributed by atoms with Crippen molar-refractivity contribution in [2.75, 3.05) is 13.7 Å². The summed E-state index contributed by atoms with van der Waals surface area (Å²) in [6.07, 6.45) is 3.38. The van der Waals surface area contributed by atoms with Crippen LogP contribution in [0.5, 0.6) is 5.75 Å². The van der Waals surface area contributed by atoms with Gasteiger partial charge in [0.15, 0.2) is 0 Å². The lowest BCUT2D eigenvalue weighted by molar-refractivity contribution is -0.154. The average molecular weight is 444 g/mol. The van der Waals surface area contributed by atoms with E-state index in [-0.39, 0.29) is 24.8 Å². The highest BCUT2D eigenvalue weighted by molar-refractivity contribution is 5.75. The Labute approximate surface area is 189 Å². The lowest BCUT2D eigenvalue weighted by Crippen LogP contribution is -2.28. The zero-order valence-corrected chi connectivity index (χ0v) is 19.4. The van der Waals surface area contributed by atoms with Crippen LogP contribution >= 0.6 is 0 Å². The molecule has 2 aromatic rings. The fraction of sp³-hybridized carbons (Fsp3) is 0.520. The van der Waals surface area contributed by atoms with Gasteiger partial charge in [0.1, 0.15) is 30.4 Å². The van der Waals surface area contributed by atoms with E-state index in [0.29, 0.717) is 31.9 Å². The molecule has 1 aliphatic heterocycles. The molecular weight excluding hydrogens is 410 g/mol. The van der Waals surface area contributed by atoms with E-state index in [1.165, 1.54) is 0 Å². The first-order valence-electron chi connectivity index (χ1n) is 10.9. The van der Waals surface area contributed by atoms with E-state index in [9.17, 15) is 4.79 Å². The lowest BCUT2D eigenvalue weighted by atomic mass is 9.96. The van der Waals surface area contributed by atoms with Gasteiger partial charge >= 0.3 is 5.97 Å². The van der Waals surface area contributed by atoms with Gasteiger partial charge in [-0.2, -0.15) is 0 Å². The summed E-state index contributed by atoms with van der Waals surface area (Å²) in [5.74, 6) is 1.11. The number of hydrogen-bond acceptors (Lipinski definition) is 7. The second-order valence-electron chi connectivity index (χ2n) is 9.09.